The Morgan fingerprint density at radius 3 is 2.69 bits per heavy atom. The molecule has 2 aromatic carbocycles. The average molecular weight is 422 g/mol. The Bertz CT molecular complexity index is 1340. The first-order valence-electron chi connectivity index (χ1n) is 11.6. The van der Waals surface area contributed by atoms with Crippen molar-refractivity contribution in [2.75, 3.05) is 19.6 Å². The zero-order chi connectivity index (χ0) is 21.3. The second-order valence-electron chi connectivity index (χ2n) is 8.84. The number of aromatic nitrogens is 4. The van der Waals surface area contributed by atoms with E-state index in [2.05, 4.69) is 79.7 Å². The molecule has 4 heterocycles. The van der Waals surface area contributed by atoms with Gasteiger partial charge in [-0.3, -0.25) is 10.1 Å². The number of H-pyrrole nitrogens is 2. The lowest BCUT2D eigenvalue weighted by Crippen LogP contribution is -2.20. The molecule has 0 aliphatic carbocycles. The topological polar surface area (TPSA) is 60.6 Å². The number of likely N-dealkylation sites (tertiary alicyclic amines) is 1. The van der Waals surface area contributed by atoms with Crippen molar-refractivity contribution >= 4 is 21.8 Å². The van der Waals surface area contributed by atoms with Crippen LogP contribution in [0.15, 0.2) is 67.0 Å². The van der Waals surface area contributed by atoms with Gasteiger partial charge in [0.15, 0.2) is 0 Å². The van der Waals surface area contributed by atoms with E-state index in [0.717, 1.165) is 39.8 Å². The maximum atomic E-state index is 4.61. The van der Waals surface area contributed by atoms with Crippen molar-refractivity contribution in [2.24, 2.45) is 0 Å². The largest absolute Gasteiger partial charge is 0.353 e. The van der Waals surface area contributed by atoms with E-state index in [0.29, 0.717) is 0 Å². The molecular formula is C27H27N5. The molecule has 1 saturated heterocycles. The number of para-hydroxylation sites is 1. The number of aryl methyl sites for hydroxylation is 1. The number of rotatable bonds is 6. The van der Waals surface area contributed by atoms with Crippen LogP contribution < -0.4 is 0 Å². The van der Waals surface area contributed by atoms with Crippen molar-refractivity contribution in [3.05, 3.63) is 72.6 Å². The Hall–Kier alpha value is -3.44. The first-order valence-corrected chi connectivity index (χ1v) is 11.6. The van der Waals surface area contributed by atoms with Gasteiger partial charge in [0.05, 0.1) is 11.2 Å². The predicted molar refractivity (Wildman–Crippen MR) is 131 cm³/mol. The highest BCUT2D eigenvalue weighted by Crippen LogP contribution is 2.32. The number of nitrogens with one attached hydrogen (secondary N) is 2. The van der Waals surface area contributed by atoms with E-state index >= 15 is 0 Å². The molecule has 1 fully saturated rings. The maximum absolute atomic E-state index is 4.61. The molecule has 5 heteroatoms. The molecule has 1 aliphatic rings. The summed E-state index contributed by atoms with van der Waals surface area (Å²) in [6.07, 6.45) is 8.96. The number of hydrogen-bond acceptors (Lipinski definition) is 3. The van der Waals surface area contributed by atoms with Gasteiger partial charge in [0, 0.05) is 34.2 Å². The van der Waals surface area contributed by atoms with Gasteiger partial charge in [0.1, 0.15) is 5.69 Å². The molecule has 0 amide bonds. The highest BCUT2D eigenvalue weighted by molar-refractivity contribution is 5.97. The molecule has 160 valence electrons. The molecule has 0 unspecified atom stereocenters. The van der Waals surface area contributed by atoms with Crippen LogP contribution in [-0.4, -0.2) is 44.7 Å². The highest BCUT2D eigenvalue weighted by Gasteiger charge is 2.13. The summed E-state index contributed by atoms with van der Waals surface area (Å²) >= 11 is 0. The van der Waals surface area contributed by atoms with Gasteiger partial charge >= 0.3 is 0 Å². The van der Waals surface area contributed by atoms with Crippen LogP contribution in [0.1, 0.15) is 24.8 Å². The first kappa shape index (κ1) is 19.3. The third-order valence-electron chi connectivity index (χ3n) is 6.61. The maximum Gasteiger partial charge on any atom is 0.116 e. The number of pyridine rings is 1. The molecular weight excluding hydrogens is 394 g/mol. The summed E-state index contributed by atoms with van der Waals surface area (Å²) in [4.78, 5) is 10.6. The Morgan fingerprint density at radius 2 is 1.78 bits per heavy atom. The third kappa shape index (κ3) is 3.69. The minimum Gasteiger partial charge on any atom is -0.353 e. The van der Waals surface area contributed by atoms with Gasteiger partial charge in [-0.25, -0.2) is 0 Å². The van der Waals surface area contributed by atoms with Crippen molar-refractivity contribution in [3.63, 3.8) is 0 Å². The van der Waals surface area contributed by atoms with Gasteiger partial charge in [0.25, 0.3) is 0 Å². The van der Waals surface area contributed by atoms with Gasteiger partial charge in [-0.2, -0.15) is 5.10 Å². The second-order valence-corrected chi connectivity index (χ2v) is 8.84. The summed E-state index contributed by atoms with van der Waals surface area (Å²) < 4.78 is 0. The van der Waals surface area contributed by atoms with Crippen molar-refractivity contribution < 1.29 is 0 Å². The fourth-order valence-corrected chi connectivity index (χ4v) is 4.90. The smallest absolute Gasteiger partial charge is 0.116 e. The lowest BCUT2D eigenvalue weighted by Gasteiger charge is -2.14. The van der Waals surface area contributed by atoms with Crippen LogP contribution in [-0.2, 0) is 6.42 Å². The summed E-state index contributed by atoms with van der Waals surface area (Å²) in [5.41, 5.74) is 7.79. The summed E-state index contributed by atoms with van der Waals surface area (Å²) in [5.74, 6) is 0. The normalized spacial score (nSPS) is 14.6. The number of fused-ring (bicyclic) bond motifs is 2. The molecule has 6 rings (SSSR count). The van der Waals surface area contributed by atoms with E-state index in [1.165, 1.54) is 55.4 Å². The molecule has 2 N–H and O–H groups in total. The van der Waals surface area contributed by atoms with Gasteiger partial charge in [-0.15, -0.1) is 0 Å². The van der Waals surface area contributed by atoms with Crippen LogP contribution >= 0.6 is 0 Å². The van der Waals surface area contributed by atoms with Crippen LogP contribution in [0.25, 0.3) is 44.3 Å². The second kappa shape index (κ2) is 8.24. The van der Waals surface area contributed by atoms with Crippen molar-refractivity contribution in [1.82, 2.24) is 25.1 Å². The van der Waals surface area contributed by atoms with E-state index in [4.69, 9.17) is 0 Å². The Balaban J connectivity index is 1.28. The zero-order valence-corrected chi connectivity index (χ0v) is 18.1. The summed E-state index contributed by atoms with van der Waals surface area (Å²) in [7, 11) is 0. The predicted octanol–water partition coefficient (Wildman–Crippen LogP) is 5.80. The standard InChI is InChI=1S/C27H27N5/c1-2-8-24-21(7-1)16-26(29-24)27-23-15-20(9-10-25(23)30-31-27)22-14-19(17-28-18-22)6-5-13-32-11-3-4-12-32/h1-2,7-10,14-18,29H,3-6,11-13H2,(H,30,31). The number of nitrogens with zero attached hydrogens (tertiary/aromatic N) is 3. The summed E-state index contributed by atoms with van der Waals surface area (Å²) in [6.45, 7) is 3.72. The molecule has 0 radical (unpaired) electrons. The SMILES string of the molecule is c1ccc2[nH]c(-c3n[nH]c4ccc(-c5cncc(CCCN6CCCC6)c5)cc34)cc2c1. The van der Waals surface area contributed by atoms with Crippen LogP contribution in [0.4, 0.5) is 0 Å². The number of aromatic amines is 2. The first-order chi connectivity index (χ1) is 15.8. The Labute approximate surface area is 187 Å². The van der Waals surface area contributed by atoms with Gasteiger partial charge in [-0.1, -0.05) is 24.3 Å². The Kier molecular flexibility index (Phi) is 4.96. The molecule has 1 aliphatic heterocycles. The highest BCUT2D eigenvalue weighted by atomic mass is 15.1. The van der Waals surface area contributed by atoms with E-state index in [1.807, 2.05) is 12.4 Å². The fourth-order valence-electron chi connectivity index (χ4n) is 4.90. The molecule has 3 aromatic heterocycles. The van der Waals surface area contributed by atoms with Crippen molar-refractivity contribution in [1.29, 1.82) is 0 Å². The lowest BCUT2D eigenvalue weighted by molar-refractivity contribution is 0.334. The number of benzene rings is 2. The van der Waals surface area contributed by atoms with Crippen LogP contribution in [0.2, 0.25) is 0 Å². The summed E-state index contributed by atoms with van der Waals surface area (Å²) in [6, 6.07) is 19.3. The molecule has 32 heavy (non-hydrogen) atoms. The van der Waals surface area contributed by atoms with Gasteiger partial charge in [-0.05, 0) is 86.8 Å². The zero-order valence-electron chi connectivity index (χ0n) is 18.1. The lowest BCUT2D eigenvalue weighted by atomic mass is 10.0. The monoisotopic (exact) mass is 421 g/mol. The molecule has 5 aromatic rings. The van der Waals surface area contributed by atoms with Gasteiger partial charge < -0.3 is 9.88 Å². The van der Waals surface area contributed by atoms with Gasteiger partial charge in [0.2, 0.25) is 0 Å². The van der Waals surface area contributed by atoms with Crippen molar-refractivity contribution in [3.8, 4) is 22.5 Å². The molecule has 0 spiro atoms. The Morgan fingerprint density at radius 1 is 0.875 bits per heavy atom. The van der Waals surface area contributed by atoms with E-state index in [1.54, 1.807) is 0 Å². The van der Waals surface area contributed by atoms with Crippen LogP contribution in [0, 0.1) is 0 Å². The molecule has 5 nitrogen and oxygen atoms in total. The quantitative estimate of drug-likeness (QED) is 0.364. The molecule has 0 atom stereocenters. The fraction of sp³-hybridized carbons (Fsp3) is 0.259. The average Bonchev–Trinajstić information content (AvgIpc) is 3.58. The summed E-state index contributed by atoms with van der Waals surface area (Å²) in [5, 5.41) is 10.1. The van der Waals surface area contributed by atoms with E-state index in [-0.39, 0.29) is 0 Å². The third-order valence-corrected chi connectivity index (χ3v) is 6.61. The minimum absolute atomic E-state index is 0.952. The van der Waals surface area contributed by atoms with E-state index in [9.17, 15) is 0 Å². The molecule has 0 saturated carbocycles. The van der Waals surface area contributed by atoms with E-state index < -0.39 is 0 Å². The minimum atomic E-state index is 0.952. The van der Waals surface area contributed by atoms with Crippen molar-refractivity contribution in [2.45, 2.75) is 25.7 Å². The molecule has 0 bridgehead atoms. The van der Waals surface area contributed by atoms with Crippen LogP contribution in [0.3, 0.4) is 0 Å². The van der Waals surface area contributed by atoms with Crippen LogP contribution in [0.5, 0.6) is 0 Å². The number of hydrogen-bond donors (Lipinski definition) is 2.